The number of piperidine rings is 1. The average Bonchev–Trinajstić information content (AvgIpc) is 3.27. The number of hydrogen-bond acceptors (Lipinski definition) is 9. The van der Waals surface area contributed by atoms with E-state index in [9.17, 15) is 8.42 Å². The molecule has 0 aliphatic carbocycles. The smallest absolute Gasteiger partial charge is 0.295 e. The molecule has 4 rings (SSSR count). The summed E-state index contributed by atoms with van der Waals surface area (Å²) in [5, 5.41) is 3.95. The molecule has 1 fully saturated rings. The summed E-state index contributed by atoms with van der Waals surface area (Å²) in [5.74, 6) is 2.06. The summed E-state index contributed by atoms with van der Waals surface area (Å²) < 4.78 is 45.5. The molecule has 0 radical (unpaired) electrons. The Morgan fingerprint density at radius 1 is 1.08 bits per heavy atom. The van der Waals surface area contributed by atoms with Gasteiger partial charge >= 0.3 is 0 Å². The fourth-order valence-corrected chi connectivity index (χ4v) is 5.34. The Morgan fingerprint density at radius 3 is 2.39 bits per heavy atom. The fraction of sp³-hybridized carbons (Fsp3) is 0.519. The Bertz CT molecular complexity index is 1290. The van der Waals surface area contributed by atoms with Crippen molar-refractivity contribution in [1.29, 1.82) is 0 Å². The minimum Gasteiger partial charge on any atom is -0.493 e. The van der Waals surface area contributed by atoms with Crippen LogP contribution in [-0.2, 0) is 16.4 Å². The third-order valence-electron chi connectivity index (χ3n) is 6.27. The van der Waals surface area contributed by atoms with E-state index in [4.69, 9.17) is 30.2 Å². The number of hydrogen-bond donors (Lipinski definition) is 1. The molecular weight excluding hydrogens is 530 g/mol. The van der Waals surface area contributed by atoms with Crippen molar-refractivity contribution in [2.45, 2.75) is 45.7 Å². The standard InChI is InChI=1S/C27H36ClN3O6S/c1-4-34-24-15-19(16-25(26(24)28)35-5-2)18-31-11-9-20(10-12-31)29-27-30-22-17-21(7-8-23(22)37-27)36-13-6-14-38(3,32)33/h7-8,15-17,20H,4-6,9-14,18H2,1-3H3,(H,29,30). The van der Waals surface area contributed by atoms with Crippen LogP contribution in [0.3, 0.4) is 0 Å². The molecule has 0 unspecified atom stereocenters. The maximum atomic E-state index is 11.3. The molecule has 1 aromatic heterocycles. The topological polar surface area (TPSA) is 103 Å². The van der Waals surface area contributed by atoms with Crippen LogP contribution >= 0.6 is 11.6 Å². The number of nitrogens with one attached hydrogen (secondary N) is 1. The third-order valence-corrected chi connectivity index (χ3v) is 7.68. The normalized spacial score (nSPS) is 15.1. The van der Waals surface area contributed by atoms with Crippen LogP contribution in [0.4, 0.5) is 6.01 Å². The predicted octanol–water partition coefficient (Wildman–Crippen LogP) is 5.17. The Balaban J connectivity index is 1.29. The SMILES string of the molecule is CCOc1cc(CN2CCC(Nc3nc4cc(OCCCS(C)(=O)=O)ccc4o3)CC2)cc(OCC)c1Cl. The fourth-order valence-electron chi connectivity index (χ4n) is 4.48. The van der Waals surface area contributed by atoms with Crippen LogP contribution < -0.4 is 19.5 Å². The van der Waals surface area contributed by atoms with Crippen molar-refractivity contribution in [1.82, 2.24) is 9.88 Å². The molecule has 2 heterocycles. The molecule has 9 nitrogen and oxygen atoms in total. The van der Waals surface area contributed by atoms with Gasteiger partial charge in [0.15, 0.2) is 5.58 Å². The summed E-state index contributed by atoms with van der Waals surface area (Å²) in [6, 6.07) is 10.2. The van der Waals surface area contributed by atoms with E-state index in [0.717, 1.165) is 38.0 Å². The van der Waals surface area contributed by atoms with Crippen LogP contribution in [-0.4, -0.2) is 69.3 Å². The predicted molar refractivity (Wildman–Crippen MR) is 150 cm³/mol. The van der Waals surface area contributed by atoms with Gasteiger partial charge in [0.05, 0.1) is 25.6 Å². The van der Waals surface area contributed by atoms with E-state index in [2.05, 4.69) is 15.2 Å². The molecule has 0 saturated carbocycles. The van der Waals surface area contributed by atoms with Crippen LogP contribution in [0.25, 0.3) is 11.1 Å². The molecule has 1 N–H and O–H groups in total. The number of fused-ring (bicyclic) bond motifs is 1. The summed E-state index contributed by atoms with van der Waals surface area (Å²) in [6.45, 7) is 7.95. The molecule has 208 valence electrons. The van der Waals surface area contributed by atoms with Gasteiger partial charge in [-0.1, -0.05) is 11.6 Å². The van der Waals surface area contributed by atoms with E-state index in [-0.39, 0.29) is 11.8 Å². The first-order valence-corrected chi connectivity index (χ1v) is 15.5. The van der Waals surface area contributed by atoms with Crippen molar-refractivity contribution in [3.05, 3.63) is 40.9 Å². The molecule has 2 aromatic carbocycles. The van der Waals surface area contributed by atoms with Crippen LogP contribution in [0.5, 0.6) is 17.2 Å². The van der Waals surface area contributed by atoms with Gasteiger partial charge in [0.1, 0.15) is 37.6 Å². The maximum Gasteiger partial charge on any atom is 0.295 e. The number of nitrogens with zero attached hydrogens (tertiary/aromatic N) is 2. The first-order valence-electron chi connectivity index (χ1n) is 13.0. The summed E-state index contributed by atoms with van der Waals surface area (Å²) in [6.07, 6.45) is 3.58. The van der Waals surface area contributed by atoms with Crippen LogP contribution in [0.1, 0.15) is 38.7 Å². The highest BCUT2D eigenvalue weighted by atomic mass is 35.5. The molecule has 38 heavy (non-hydrogen) atoms. The maximum absolute atomic E-state index is 11.3. The number of benzene rings is 2. The largest absolute Gasteiger partial charge is 0.493 e. The Morgan fingerprint density at radius 2 is 1.76 bits per heavy atom. The van der Waals surface area contributed by atoms with E-state index >= 15 is 0 Å². The molecule has 0 atom stereocenters. The van der Waals surface area contributed by atoms with Crippen molar-refractivity contribution in [2.24, 2.45) is 0 Å². The lowest BCUT2D eigenvalue weighted by Crippen LogP contribution is -2.38. The number of anilines is 1. The number of ether oxygens (including phenoxy) is 3. The molecule has 0 bridgehead atoms. The lowest BCUT2D eigenvalue weighted by molar-refractivity contribution is 0.209. The van der Waals surface area contributed by atoms with Gasteiger partial charge in [0, 0.05) is 38.0 Å². The highest BCUT2D eigenvalue weighted by Crippen LogP contribution is 2.36. The van der Waals surface area contributed by atoms with E-state index in [1.165, 1.54) is 6.26 Å². The van der Waals surface area contributed by atoms with Gasteiger partial charge in [-0.15, -0.1) is 0 Å². The average molecular weight is 566 g/mol. The van der Waals surface area contributed by atoms with Gasteiger partial charge in [-0.25, -0.2) is 8.42 Å². The zero-order valence-electron chi connectivity index (χ0n) is 22.2. The molecule has 1 saturated heterocycles. The number of oxazole rings is 1. The second-order valence-electron chi connectivity index (χ2n) is 9.45. The lowest BCUT2D eigenvalue weighted by Gasteiger charge is -2.32. The first kappa shape index (κ1) is 28.3. The summed E-state index contributed by atoms with van der Waals surface area (Å²) in [4.78, 5) is 6.99. The van der Waals surface area contributed by atoms with Crippen molar-refractivity contribution in [3.63, 3.8) is 0 Å². The lowest BCUT2D eigenvalue weighted by atomic mass is 10.0. The van der Waals surface area contributed by atoms with Gasteiger partial charge in [-0.05, 0) is 62.9 Å². The first-order chi connectivity index (χ1) is 18.2. The third kappa shape index (κ3) is 7.91. The summed E-state index contributed by atoms with van der Waals surface area (Å²) in [7, 11) is -2.99. The van der Waals surface area contributed by atoms with Crippen LogP contribution in [0.2, 0.25) is 5.02 Å². The minimum absolute atomic E-state index is 0.106. The molecule has 3 aromatic rings. The van der Waals surface area contributed by atoms with Crippen molar-refractivity contribution in [2.75, 3.05) is 50.2 Å². The summed E-state index contributed by atoms with van der Waals surface area (Å²) in [5.41, 5.74) is 2.48. The summed E-state index contributed by atoms with van der Waals surface area (Å²) >= 11 is 6.44. The van der Waals surface area contributed by atoms with Crippen molar-refractivity contribution in [3.8, 4) is 17.2 Å². The number of halogens is 1. The number of likely N-dealkylation sites (tertiary alicyclic amines) is 1. The van der Waals surface area contributed by atoms with Gasteiger partial charge in [-0.2, -0.15) is 4.98 Å². The van der Waals surface area contributed by atoms with Gasteiger partial charge in [0.2, 0.25) is 0 Å². The van der Waals surface area contributed by atoms with Gasteiger partial charge < -0.3 is 23.9 Å². The number of aromatic nitrogens is 1. The molecule has 0 spiro atoms. The molecular formula is C27H36ClN3O6S. The number of rotatable bonds is 13. The highest BCUT2D eigenvalue weighted by Gasteiger charge is 2.22. The van der Waals surface area contributed by atoms with Crippen LogP contribution in [0, 0.1) is 0 Å². The molecule has 1 aliphatic rings. The monoisotopic (exact) mass is 565 g/mol. The highest BCUT2D eigenvalue weighted by molar-refractivity contribution is 7.90. The zero-order valence-corrected chi connectivity index (χ0v) is 23.7. The zero-order chi connectivity index (χ0) is 27.1. The van der Waals surface area contributed by atoms with Gasteiger partial charge in [-0.3, -0.25) is 4.90 Å². The van der Waals surface area contributed by atoms with Crippen molar-refractivity contribution >= 4 is 38.6 Å². The van der Waals surface area contributed by atoms with Crippen molar-refractivity contribution < 1.29 is 27.0 Å². The second-order valence-corrected chi connectivity index (χ2v) is 12.1. The Labute approximate surface area is 229 Å². The van der Waals surface area contributed by atoms with E-state index in [1.54, 1.807) is 6.07 Å². The van der Waals surface area contributed by atoms with E-state index in [1.807, 2.05) is 38.1 Å². The quantitative estimate of drug-likeness (QED) is 0.281. The molecule has 0 amide bonds. The molecule has 11 heteroatoms. The van der Waals surface area contributed by atoms with Crippen LogP contribution in [0.15, 0.2) is 34.7 Å². The van der Waals surface area contributed by atoms with E-state index in [0.29, 0.717) is 65.6 Å². The van der Waals surface area contributed by atoms with E-state index < -0.39 is 9.84 Å². The minimum atomic E-state index is -2.99. The second kappa shape index (κ2) is 12.9. The Hall–Kier alpha value is -2.69. The number of sulfone groups is 1. The molecule has 1 aliphatic heterocycles. The van der Waals surface area contributed by atoms with Gasteiger partial charge in [0.25, 0.3) is 6.01 Å². The Kier molecular flexibility index (Phi) is 9.62.